The molecule has 4 rings (SSSR count). The first-order valence-corrected chi connectivity index (χ1v) is 11.0. The van der Waals surface area contributed by atoms with Crippen LogP contribution in [0.5, 0.6) is 0 Å². The molecule has 1 aliphatic carbocycles. The molecule has 3 aromatic rings. The number of carbonyl (C=O) groups is 1. The molecule has 0 unspecified atom stereocenters. The number of carbonyl (C=O) groups excluding carboxylic acids is 1. The van der Waals surface area contributed by atoms with Gasteiger partial charge in [0.05, 0.1) is 5.69 Å². The van der Waals surface area contributed by atoms with Gasteiger partial charge in [0.2, 0.25) is 5.91 Å². The maximum absolute atomic E-state index is 13.1. The Labute approximate surface area is 183 Å². The van der Waals surface area contributed by atoms with Crippen molar-refractivity contribution in [3.8, 4) is 11.3 Å². The van der Waals surface area contributed by atoms with Crippen molar-refractivity contribution in [1.82, 2.24) is 9.78 Å². The predicted molar refractivity (Wildman–Crippen MR) is 124 cm³/mol. The fourth-order valence-electron chi connectivity index (χ4n) is 4.12. The van der Waals surface area contributed by atoms with Crippen LogP contribution in [0.1, 0.15) is 54.9 Å². The molecule has 0 saturated carbocycles. The van der Waals surface area contributed by atoms with Gasteiger partial charge in [-0.2, -0.15) is 5.10 Å². The zero-order valence-electron chi connectivity index (χ0n) is 18.4. The average Bonchev–Trinajstić information content (AvgIpc) is 2.77. The summed E-state index contributed by atoms with van der Waals surface area (Å²) in [6.07, 6.45) is 3.65. The molecule has 0 spiro atoms. The highest BCUT2D eigenvalue weighted by atomic mass is 16.2. The van der Waals surface area contributed by atoms with E-state index < -0.39 is 0 Å². The van der Waals surface area contributed by atoms with Crippen molar-refractivity contribution in [1.29, 1.82) is 0 Å². The Balaban J connectivity index is 1.63. The van der Waals surface area contributed by atoms with Crippen LogP contribution < -0.4 is 10.9 Å². The number of benzene rings is 2. The van der Waals surface area contributed by atoms with Gasteiger partial charge in [0.25, 0.3) is 5.56 Å². The molecule has 1 N–H and O–H groups in total. The Hall–Kier alpha value is -3.21. The van der Waals surface area contributed by atoms with Crippen LogP contribution in [-0.2, 0) is 24.2 Å². The normalized spacial score (nSPS) is 13.2. The molecular weight excluding hydrogens is 386 g/mol. The summed E-state index contributed by atoms with van der Waals surface area (Å²) in [5.74, 6) is 0.181. The summed E-state index contributed by atoms with van der Waals surface area (Å²) in [5.41, 5.74) is 6.63. The molecule has 0 aliphatic heterocycles. The average molecular weight is 416 g/mol. The van der Waals surface area contributed by atoms with Crippen LogP contribution in [0.4, 0.5) is 5.69 Å². The Kier molecular flexibility index (Phi) is 6.03. The maximum atomic E-state index is 13.1. The second-order valence-electron chi connectivity index (χ2n) is 8.67. The quantitative estimate of drug-likeness (QED) is 0.647. The SMILES string of the molecule is Cc1ccc(-c2nn(CC(=O)Nc3ccc(C(C)C)cc3)c(=O)c3c2CCCC3)cc1. The third-order valence-electron chi connectivity index (χ3n) is 5.95. The van der Waals surface area contributed by atoms with Gasteiger partial charge in [-0.15, -0.1) is 0 Å². The summed E-state index contributed by atoms with van der Waals surface area (Å²) in [4.78, 5) is 25.8. The van der Waals surface area contributed by atoms with Crippen LogP contribution in [0.25, 0.3) is 11.3 Å². The van der Waals surface area contributed by atoms with E-state index in [0.29, 0.717) is 5.92 Å². The summed E-state index contributed by atoms with van der Waals surface area (Å²) in [6.45, 7) is 6.21. The molecule has 160 valence electrons. The second kappa shape index (κ2) is 8.88. The van der Waals surface area contributed by atoms with Crippen molar-refractivity contribution in [2.24, 2.45) is 0 Å². The summed E-state index contributed by atoms with van der Waals surface area (Å²) in [5, 5.41) is 7.54. The molecule has 0 atom stereocenters. The third-order valence-corrected chi connectivity index (χ3v) is 5.95. The molecule has 1 aromatic heterocycles. The van der Waals surface area contributed by atoms with Gasteiger partial charge >= 0.3 is 0 Å². The summed E-state index contributed by atoms with van der Waals surface area (Å²) < 4.78 is 1.33. The van der Waals surface area contributed by atoms with Crippen molar-refractivity contribution in [2.45, 2.75) is 58.9 Å². The van der Waals surface area contributed by atoms with Gasteiger partial charge in [0.1, 0.15) is 6.54 Å². The van der Waals surface area contributed by atoms with E-state index in [4.69, 9.17) is 0 Å². The number of hydrogen-bond acceptors (Lipinski definition) is 3. The van der Waals surface area contributed by atoms with Crippen molar-refractivity contribution >= 4 is 11.6 Å². The molecular formula is C26H29N3O2. The topological polar surface area (TPSA) is 64.0 Å². The number of nitrogens with zero attached hydrogens (tertiary/aromatic N) is 2. The first-order chi connectivity index (χ1) is 14.9. The Morgan fingerprint density at radius 3 is 2.29 bits per heavy atom. The summed E-state index contributed by atoms with van der Waals surface area (Å²) in [7, 11) is 0. The number of aryl methyl sites for hydroxylation is 1. The first-order valence-electron chi connectivity index (χ1n) is 11.0. The molecule has 0 bridgehead atoms. The first kappa shape index (κ1) is 21.0. The standard InChI is InChI=1S/C26H29N3O2/c1-17(2)19-12-14-21(15-13-19)27-24(30)16-29-26(31)23-7-5-4-6-22(23)25(28-29)20-10-8-18(3)9-11-20/h8-15,17H,4-7,16H2,1-3H3,(H,27,30). The molecule has 0 saturated heterocycles. The van der Waals surface area contributed by atoms with Crippen LogP contribution in [0.3, 0.4) is 0 Å². The molecule has 31 heavy (non-hydrogen) atoms. The molecule has 5 nitrogen and oxygen atoms in total. The van der Waals surface area contributed by atoms with Crippen LogP contribution >= 0.6 is 0 Å². The van der Waals surface area contributed by atoms with Gasteiger partial charge < -0.3 is 5.32 Å². The number of rotatable bonds is 5. The van der Waals surface area contributed by atoms with Crippen LogP contribution in [-0.4, -0.2) is 15.7 Å². The van der Waals surface area contributed by atoms with Gasteiger partial charge in [-0.25, -0.2) is 4.68 Å². The lowest BCUT2D eigenvalue weighted by Crippen LogP contribution is -2.34. The van der Waals surface area contributed by atoms with Crippen molar-refractivity contribution in [3.05, 3.63) is 81.1 Å². The van der Waals surface area contributed by atoms with Crippen molar-refractivity contribution in [2.75, 3.05) is 5.32 Å². The van der Waals surface area contributed by atoms with Gasteiger partial charge in [-0.05, 0) is 61.8 Å². The molecule has 0 fully saturated rings. The minimum Gasteiger partial charge on any atom is -0.324 e. The number of anilines is 1. The van der Waals surface area contributed by atoms with E-state index in [0.717, 1.165) is 53.8 Å². The lowest BCUT2D eigenvalue weighted by atomic mass is 9.89. The van der Waals surface area contributed by atoms with E-state index >= 15 is 0 Å². The zero-order chi connectivity index (χ0) is 22.0. The van der Waals surface area contributed by atoms with E-state index in [2.05, 4.69) is 36.4 Å². The minimum absolute atomic E-state index is 0.100. The van der Waals surface area contributed by atoms with Gasteiger partial charge in [0, 0.05) is 16.8 Å². The molecule has 2 aromatic carbocycles. The molecule has 1 aliphatic rings. The minimum atomic E-state index is -0.252. The maximum Gasteiger partial charge on any atom is 0.270 e. The van der Waals surface area contributed by atoms with Crippen LogP contribution in [0, 0.1) is 6.92 Å². The molecule has 0 radical (unpaired) electrons. The zero-order valence-corrected chi connectivity index (χ0v) is 18.4. The van der Waals surface area contributed by atoms with Crippen LogP contribution in [0.15, 0.2) is 53.3 Å². The number of nitrogens with one attached hydrogen (secondary N) is 1. The highest BCUT2D eigenvalue weighted by Crippen LogP contribution is 2.28. The fraction of sp³-hybridized carbons (Fsp3) is 0.346. The number of amides is 1. The monoisotopic (exact) mass is 415 g/mol. The lowest BCUT2D eigenvalue weighted by molar-refractivity contribution is -0.117. The largest absolute Gasteiger partial charge is 0.324 e. The smallest absolute Gasteiger partial charge is 0.270 e. The Bertz CT molecular complexity index is 1140. The summed E-state index contributed by atoms with van der Waals surface area (Å²) in [6, 6.07) is 16.0. The second-order valence-corrected chi connectivity index (χ2v) is 8.67. The van der Waals surface area contributed by atoms with E-state index in [1.165, 1.54) is 15.8 Å². The highest BCUT2D eigenvalue weighted by molar-refractivity contribution is 5.90. The van der Waals surface area contributed by atoms with E-state index in [1.807, 2.05) is 43.3 Å². The van der Waals surface area contributed by atoms with Gasteiger partial charge in [-0.1, -0.05) is 55.8 Å². The third kappa shape index (κ3) is 4.61. The van der Waals surface area contributed by atoms with Crippen LogP contribution in [0.2, 0.25) is 0 Å². The lowest BCUT2D eigenvalue weighted by Gasteiger charge is -2.20. The van der Waals surface area contributed by atoms with E-state index in [9.17, 15) is 9.59 Å². The Morgan fingerprint density at radius 2 is 1.65 bits per heavy atom. The molecule has 1 heterocycles. The van der Waals surface area contributed by atoms with Crippen molar-refractivity contribution < 1.29 is 4.79 Å². The number of hydrogen-bond donors (Lipinski definition) is 1. The van der Waals surface area contributed by atoms with E-state index in [1.54, 1.807) is 0 Å². The van der Waals surface area contributed by atoms with Gasteiger partial charge in [0.15, 0.2) is 0 Å². The highest BCUT2D eigenvalue weighted by Gasteiger charge is 2.22. The van der Waals surface area contributed by atoms with Crippen molar-refractivity contribution in [3.63, 3.8) is 0 Å². The predicted octanol–water partition coefficient (Wildman–Crippen LogP) is 4.86. The number of aromatic nitrogens is 2. The van der Waals surface area contributed by atoms with E-state index in [-0.39, 0.29) is 18.0 Å². The molecule has 5 heteroatoms. The summed E-state index contributed by atoms with van der Waals surface area (Å²) >= 11 is 0. The fourth-order valence-corrected chi connectivity index (χ4v) is 4.12. The molecule has 1 amide bonds. The Morgan fingerprint density at radius 1 is 1.00 bits per heavy atom. The number of fused-ring (bicyclic) bond motifs is 1. The van der Waals surface area contributed by atoms with Gasteiger partial charge in [-0.3, -0.25) is 9.59 Å².